The molecule has 0 spiro atoms. The molecule has 0 aliphatic carbocycles. The van der Waals surface area contributed by atoms with Crippen molar-refractivity contribution in [3.05, 3.63) is 18.1 Å². The van der Waals surface area contributed by atoms with Gasteiger partial charge in [-0.1, -0.05) is 13.8 Å². The van der Waals surface area contributed by atoms with Crippen LogP contribution in [0, 0.1) is 6.92 Å². The molecule has 7 heteroatoms. The Hall–Kier alpha value is -1.60. The number of aryl methyl sites for hydroxylation is 2. The Morgan fingerprint density at radius 2 is 2.00 bits per heavy atom. The van der Waals surface area contributed by atoms with E-state index in [1.807, 2.05) is 44.0 Å². The summed E-state index contributed by atoms with van der Waals surface area (Å²) in [7, 11) is 1.53. The Labute approximate surface area is 142 Å². The van der Waals surface area contributed by atoms with Gasteiger partial charge in [0.05, 0.1) is 5.39 Å². The summed E-state index contributed by atoms with van der Waals surface area (Å²) in [5.41, 5.74) is 7.66. The van der Waals surface area contributed by atoms with Crippen LogP contribution in [0.5, 0.6) is 0 Å². The molecule has 2 heterocycles. The third-order valence-electron chi connectivity index (χ3n) is 2.98. The van der Waals surface area contributed by atoms with Gasteiger partial charge < -0.3 is 19.8 Å². The van der Waals surface area contributed by atoms with Gasteiger partial charge in [-0.05, 0) is 31.4 Å². The van der Waals surface area contributed by atoms with Crippen LogP contribution in [0.4, 0.5) is 5.82 Å². The lowest BCUT2D eigenvalue weighted by atomic mass is 10.2. The summed E-state index contributed by atoms with van der Waals surface area (Å²) < 4.78 is 7.00. The van der Waals surface area contributed by atoms with Crippen LogP contribution in [0.1, 0.15) is 25.8 Å². The highest BCUT2D eigenvalue weighted by atomic mass is 32.2. The van der Waals surface area contributed by atoms with Gasteiger partial charge in [0, 0.05) is 19.9 Å². The fourth-order valence-corrected chi connectivity index (χ4v) is 2.02. The fourth-order valence-electron chi connectivity index (χ4n) is 2.02. The molecule has 0 aliphatic rings. The zero-order valence-corrected chi connectivity index (χ0v) is 15.7. The molecule has 0 aromatic carbocycles. The van der Waals surface area contributed by atoms with Crippen LogP contribution < -0.4 is 5.73 Å². The fraction of sp³-hybridized carbons (Fsp3) is 0.562. The number of ether oxygens (including phenoxy) is 1. The van der Waals surface area contributed by atoms with Crippen LogP contribution in [0.2, 0.25) is 0 Å². The van der Waals surface area contributed by atoms with E-state index in [9.17, 15) is 4.79 Å². The van der Waals surface area contributed by atoms with E-state index >= 15 is 0 Å². The standard InChI is InChI=1S/C12H16N4O2.C2H6S.C2H6/c1-8-5-16(4-3-9(6-17)18-2)12-10(8)11(13)14-7-15-12;1-3-2;1-2/h5-7,9H,3-4H2,1-2H3,(H2,13,14,15);1-2H3;1-2H3. The van der Waals surface area contributed by atoms with Crippen molar-refractivity contribution in [2.45, 2.75) is 39.8 Å². The van der Waals surface area contributed by atoms with Gasteiger partial charge in [0.1, 0.15) is 30.2 Å². The first kappa shape index (κ1) is 21.4. The number of aromatic nitrogens is 3. The second-order valence-electron chi connectivity index (χ2n) is 4.57. The van der Waals surface area contributed by atoms with E-state index in [4.69, 9.17) is 10.5 Å². The molecule has 23 heavy (non-hydrogen) atoms. The summed E-state index contributed by atoms with van der Waals surface area (Å²) in [6.45, 7) is 6.62. The zero-order chi connectivity index (χ0) is 17.8. The van der Waals surface area contributed by atoms with E-state index in [2.05, 4.69) is 9.97 Å². The van der Waals surface area contributed by atoms with E-state index < -0.39 is 0 Å². The molecule has 2 N–H and O–H groups in total. The van der Waals surface area contributed by atoms with Gasteiger partial charge in [-0.25, -0.2) is 9.97 Å². The number of hydrogen-bond donors (Lipinski definition) is 1. The zero-order valence-electron chi connectivity index (χ0n) is 14.9. The largest absolute Gasteiger partial charge is 0.383 e. The number of carbonyl (C=O) groups excluding carboxylic acids is 1. The van der Waals surface area contributed by atoms with Crippen molar-refractivity contribution in [1.82, 2.24) is 14.5 Å². The maximum atomic E-state index is 10.7. The molecule has 1 atom stereocenters. The normalized spacial score (nSPS) is 11.0. The second kappa shape index (κ2) is 11.9. The Morgan fingerprint density at radius 1 is 1.39 bits per heavy atom. The van der Waals surface area contributed by atoms with Crippen LogP contribution in [-0.4, -0.2) is 46.5 Å². The van der Waals surface area contributed by atoms with Gasteiger partial charge >= 0.3 is 0 Å². The minimum atomic E-state index is -0.387. The van der Waals surface area contributed by atoms with Gasteiger partial charge in [-0.3, -0.25) is 0 Å². The van der Waals surface area contributed by atoms with Crippen LogP contribution in [0.25, 0.3) is 11.0 Å². The number of aldehydes is 1. The lowest BCUT2D eigenvalue weighted by Crippen LogP contribution is -2.15. The number of rotatable bonds is 5. The predicted molar refractivity (Wildman–Crippen MR) is 98.9 cm³/mol. The number of carbonyl (C=O) groups is 1. The smallest absolute Gasteiger partial charge is 0.148 e. The van der Waals surface area contributed by atoms with E-state index in [1.165, 1.54) is 13.4 Å². The first-order valence-electron chi connectivity index (χ1n) is 7.53. The third kappa shape index (κ3) is 6.19. The van der Waals surface area contributed by atoms with Crippen molar-refractivity contribution in [3.63, 3.8) is 0 Å². The van der Waals surface area contributed by atoms with Crippen molar-refractivity contribution in [2.24, 2.45) is 0 Å². The number of methoxy groups -OCH3 is 1. The Morgan fingerprint density at radius 3 is 2.52 bits per heavy atom. The Balaban J connectivity index is 0.000000868. The van der Waals surface area contributed by atoms with Gasteiger partial charge in [-0.15, -0.1) is 0 Å². The Bertz CT molecular complexity index is 587. The topological polar surface area (TPSA) is 83.0 Å². The lowest BCUT2D eigenvalue weighted by molar-refractivity contribution is -0.116. The van der Waals surface area contributed by atoms with Gasteiger partial charge in [-0.2, -0.15) is 11.8 Å². The van der Waals surface area contributed by atoms with Crippen LogP contribution >= 0.6 is 11.8 Å². The lowest BCUT2D eigenvalue weighted by Gasteiger charge is -2.09. The van der Waals surface area contributed by atoms with Gasteiger partial charge in [0.25, 0.3) is 0 Å². The summed E-state index contributed by atoms with van der Waals surface area (Å²) in [5, 5.41) is 0.873. The minimum Gasteiger partial charge on any atom is -0.383 e. The van der Waals surface area contributed by atoms with E-state index in [1.54, 1.807) is 11.8 Å². The van der Waals surface area contributed by atoms with E-state index in [0.29, 0.717) is 18.8 Å². The van der Waals surface area contributed by atoms with E-state index in [0.717, 1.165) is 22.9 Å². The van der Waals surface area contributed by atoms with Crippen LogP contribution in [0.15, 0.2) is 12.5 Å². The van der Waals surface area contributed by atoms with Crippen molar-refractivity contribution >= 4 is 34.9 Å². The molecule has 0 saturated carbocycles. The highest BCUT2D eigenvalue weighted by Gasteiger charge is 2.12. The van der Waals surface area contributed by atoms with Crippen molar-refractivity contribution in [1.29, 1.82) is 0 Å². The van der Waals surface area contributed by atoms with Gasteiger partial charge in [0.15, 0.2) is 0 Å². The number of hydrogen-bond acceptors (Lipinski definition) is 6. The molecule has 1 unspecified atom stereocenters. The highest BCUT2D eigenvalue weighted by Crippen LogP contribution is 2.23. The average molecular weight is 340 g/mol. The second-order valence-corrected chi connectivity index (χ2v) is 5.39. The first-order chi connectivity index (χ1) is 11.1. The molecule has 2 rings (SSSR count). The summed E-state index contributed by atoms with van der Waals surface area (Å²) in [5.74, 6) is 0.481. The van der Waals surface area contributed by atoms with Crippen LogP contribution in [-0.2, 0) is 16.1 Å². The Kier molecular flexibility index (Phi) is 11.1. The molecule has 0 radical (unpaired) electrons. The van der Waals surface area contributed by atoms with Gasteiger partial charge in [0.2, 0.25) is 0 Å². The minimum absolute atomic E-state index is 0.387. The maximum absolute atomic E-state index is 10.7. The summed E-state index contributed by atoms with van der Waals surface area (Å²) in [6, 6.07) is 0. The predicted octanol–water partition coefficient (Wildman–Crippen LogP) is 2.93. The van der Waals surface area contributed by atoms with Crippen LogP contribution in [0.3, 0.4) is 0 Å². The number of nitrogens with two attached hydrogens (primary N) is 1. The van der Waals surface area contributed by atoms with Crippen molar-refractivity contribution in [3.8, 4) is 0 Å². The first-order valence-corrected chi connectivity index (χ1v) is 9.16. The number of nitrogens with zero attached hydrogens (tertiary/aromatic N) is 3. The highest BCUT2D eigenvalue weighted by molar-refractivity contribution is 7.97. The molecule has 130 valence electrons. The number of nitrogen functional groups attached to an aromatic ring is 1. The summed E-state index contributed by atoms with van der Waals surface area (Å²) in [6.07, 6.45) is 8.52. The SMILES string of the molecule is CC.COC(C=O)CCn1cc(C)c2c(N)ncnc21.CSC. The quantitative estimate of drug-likeness (QED) is 0.843. The molecule has 2 aromatic heterocycles. The summed E-state index contributed by atoms with van der Waals surface area (Å²) in [4.78, 5) is 18.9. The molecule has 2 aromatic rings. The molecule has 0 saturated heterocycles. The molecule has 0 bridgehead atoms. The molecule has 0 aliphatic heterocycles. The van der Waals surface area contributed by atoms with E-state index in [-0.39, 0.29) is 6.10 Å². The molecular formula is C16H28N4O2S. The number of thioether (sulfide) groups is 1. The molecule has 0 fully saturated rings. The molecule has 0 amide bonds. The number of anilines is 1. The molecule has 6 nitrogen and oxygen atoms in total. The monoisotopic (exact) mass is 340 g/mol. The summed E-state index contributed by atoms with van der Waals surface area (Å²) >= 11 is 1.75. The molecular weight excluding hydrogens is 312 g/mol. The average Bonchev–Trinajstić information content (AvgIpc) is 2.89. The number of fused-ring (bicyclic) bond motifs is 1. The van der Waals surface area contributed by atoms with Crippen molar-refractivity contribution < 1.29 is 9.53 Å². The third-order valence-corrected chi connectivity index (χ3v) is 2.98. The van der Waals surface area contributed by atoms with Crippen molar-refractivity contribution in [2.75, 3.05) is 25.4 Å². The maximum Gasteiger partial charge on any atom is 0.148 e.